The number of likely N-dealkylation sites (tertiary alicyclic amines) is 1. The number of benzene rings is 2. The number of aromatic nitrogens is 2. The molecule has 1 aliphatic rings. The van der Waals surface area contributed by atoms with E-state index in [1.807, 2.05) is 20.8 Å². The van der Waals surface area contributed by atoms with E-state index in [0.717, 1.165) is 29.5 Å². The first-order valence-corrected chi connectivity index (χ1v) is 14.5. The predicted molar refractivity (Wildman–Crippen MR) is 143 cm³/mol. The normalized spacial score (nSPS) is 15.1. The summed E-state index contributed by atoms with van der Waals surface area (Å²) in [6.07, 6.45) is 1.69. The molecule has 1 N–H and O–H groups in total. The summed E-state index contributed by atoms with van der Waals surface area (Å²) in [6, 6.07) is 7.29. The van der Waals surface area contributed by atoms with Crippen molar-refractivity contribution in [3.63, 3.8) is 0 Å². The number of hydrogen-bond acceptors (Lipinski definition) is 6. The molecule has 0 atom stereocenters. The SMILES string of the molecule is CC(C)(C)OC(=O)N1CCC(c2nn(-c3cc(F)c(C(=O)NS(C)(=O)=O)cc3Cl)c3ccc(Cl)cc23)CC1. The lowest BCUT2D eigenvalue weighted by molar-refractivity contribution is 0.0204. The van der Waals surface area contributed by atoms with Crippen LogP contribution >= 0.6 is 23.2 Å². The number of nitrogens with zero attached hydrogens (tertiary/aromatic N) is 3. The number of piperidine rings is 1. The Morgan fingerprint density at radius 3 is 2.39 bits per heavy atom. The van der Waals surface area contributed by atoms with E-state index in [1.54, 1.807) is 27.8 Å². The summed E-state index contributed by atoms with van der Waals surface area (Å²) in [5.74, 6) is -2.11. The largest absolute Gasteiger partial charge is 0.444 e. The number of sulfonamides is 1. The van der Waals surface area contributed by atoms with Gasteiger partial charge in [-0.1, -0.05) is 23.2 Å². The maximum Gasteiger partial charge on any atom is 0.410 e. The molecule has 0 bridgehead atoms. The highest BCUT2D eigenvalue weighted by Crippen LogP contribution is 2.36. The van der Waals surface area contributed by atoms with Crippen LogP contribution in [-0.2, 0) is 14.8 Å². The van der Waals surface area contributed by atoms with Crippen molar-refractivity contribution < 1.29 is 27.1 Å². The molecule has 2 aromatic carbocycles. The Hall–Kier alpha value is -2.89. The maximum atomic E-state index is 15.0. The molecular formula is C25H27Cl2FN4O5S. The minimum absolute atomic E-state index is 0.00399. The van der Waals surface area contributed by atoms with E-state index in [4.69, 9.17) is 33.0 Å². The Morgan fingerprint density at radius 2 is 1.79 bits per heavy atom. The monoisotopic (exact) mass is 584 g/mol. The lowest BCUT2D eigenvalue weighted by atomic mass is 9.92. The van der Waals surface area contributed by atoms with Gasteiger partial charge in [-0.25, -0.2) is 27.0 Å². The topological polar surface area (TPSA) is 111 Å². The molecule has 1 saturated heterocycles. The Balaban J connectivity index is 1.68. The summed E-state index contributed by atoms with van der Waals surface area (Å²) in [7, 11) is -3.90. The third kappa shape index (κ3) is 6.22. The molecule has 1 aliphatic heterocycles. The van der Waals surface area contributed by atoms with Crippen LogP contribution in [0.1, 0.15) is 55.6 Å². The van der Waals surface area contributed by atoms with Crippen molar-refractivity contribution in [1.29, 1.82) is 0 Å². The van der Waals surface area contributed by atoms with Crippen molar-refractivity contribution in [1.82, 2.24) is 19.4 Å². The summed E-state index contributed by atoms with van der Waals surface area (Å²) in [6.45, 7) is 6.42. The van der Waals surface area contributed by atoms with Crippen LogP contribution in [0.2, 0.25) is 10.0 Å². The minimum atomic E-state index is -3.90. The summed E-state index contributed by atoms with van der Waals surface area (Å²) in [5, 5.41) is 6.01. The van der Waals surface area contributed by atoms with Crippen LogP contribution in [-0.4, -0.2) is 60.0 Å². The highest BCUT2D eigenvalue weighted by atomic mass is 35.5. The molecule has 204 valence electrons. The van der Waals surface area contributed by atoms with E-state index < -0.39 is 32.9 Å². The molecule has 0 saturated carbocycles. The molecule has 9 nitrogen and oxygen atoms in total. The van der Waals surface area contributed by atoms with Gasteiger partial charge >= 0.3 is 6.09 Å². The average molecular weight is 585 g/mol. The fourth-order valence-corrected chi connectivity index (χ4v) is 5.22. The Kier molecular flexibility index (Phi) is 7.66. The fourth-order valence-electron chi connectivity index (χ4n) is 4.36. The van der Waals surface area contributed by atoms with Gasteiger partial charge < -0.3 is 9.64 Å². The Morgan fingerprint density at radius 1 is 1.13 bits per heavy atom. The lowest BCUT2D eigenvalue weighted by Crippen LogP contribution is -2.41. The van der Waals surface area contributed by atoms with E-state index in [0.29, 0.717) is 36.5 Å². The molecule has 0 unspecified atom stereocenters. The zero-order chi connectivity index (χ0) is 28.0. The molecule has 38 heavy (non-hydrogen) atoms. The second-order valence-electron chi connectivity index (χ2n) is 10.2. The van der Waals surface area contributed by atoms with Gasteiger partial charge in [-0.2, -0.15) is 5.10 Å². The van der Waals surface area contributed by atoms with Crippen LogP contribution in [0.5, 0.6) is 0 Å². The molecule has 1 fully saturated rings. The van der Waals surface area contributed by atoms with E-state index in [-0.39, 0.29) is 22.7 Å². The first-order valence-electron chi connectivity index (χ1n) is 11.8. The first kappa shape index (κ1) is 28.1. The molecule has 0 radical (unpaired) electrons. The van der Waals surface area contributed by atoms with Gasteiger partial charge in [-0.15, -0.1) is 0 Å². The number of carbonyl (C=O) groups excluding carboxylic acids is 2. The van der Waals surface area contributed by atoms with Gasteiger partial charge in [0.05, 0.1) is 33.7 Å². The minimum Gasteiger partial charge on any atom is -0.444 e. The van der Waals surface area contributed by atoms with Crippen LogP contribution in [0, 0.1) is 5.82 Å². The third-order valence-electron chi connectivity index (χ3n) is 5.99. The maximum absolute atomic E-state index is 15.0. The molecule has 4 rings (SSSR count). The Bertz CT molecular complexity index is 1530. The van der Waals surface area contributed by atoms with E-state index in [9.17, 15) is 22.4 Å². The van der Waals surface area contributed by atoms with Gasteiger partial charge in [0.15, 0.2) is 0 Å². The van der Waals surface area contributed by atoms with Crippen LogP contribution in [0.3, 0.4) is 0 Å². The van der Waals surface area contributed by atoms with Gasteiger partial charge in [0.25, 0.3) is 5.91 Å². The molecular weight excluding hydrogens is 558 g/mol. The third-order valence-corrected chi connectivity index (χ3v) is 7.09. The van der Waals surface area contributed by atoms with Crippen molar-refractivity contribution in [2.45, 2.75) is 45.1 Å². The number of hydrogen-bond donors (Lipinski definition) is 1. The summed E-state index contributed by atoms with van der Waals surface area (Å²) in [5.41, 5.74) is 0.411. The Labute approximate surface area is 229 Å². The molecule has 2 amide bonds. The van der Waals surface area contributed by atoms with Gasteiger partial charge in [0.1, 0.15) is 11.4 Å². The smallest absolute Gasteiger partial charge is 0.410 e. The second kappa shape index (κ2) is 10.3. The van der Waals surface area contributed by atoms with Crippen LogP contribution in [0.15, 0.2) is 30.3 Å². The van der Waals surface area contributed by atoms with Gasteiger partial charge in [0, 0.05) is 35.5 Å². The van der Waals surface area contributed by atoms with Crippen molar-refractivity contribution in [2.75, 3.05) is 19.3 Å². The predicted octanol–water partition coefficient (Wildman–Crippen LogP) is 5.28. The van der Waals surface area contributed by atoms with Crippen LogP contribution < -0.4 is 4.72 Å². The van der Waals surface area contributed by atoms with E-state index in [2.05, 4.69) is 0 Å². The summed E-state index contributed by atoms with van der Waals surface area (Å²) < 4.78 is 46.5. The number of amides is 2. The van der Waals surface area contributed by atoms with Crippen molar-refractivity contribution in [3.05, 3.63) is 57.5 Å². The zero-order valence-electron chi connectivity index (χ0n) is 21.2. The van der Waals surface area contributed by atoms with E-state index in [1.165, 1.54) is 4.68 Å². The van der Waals surface area contributed by atoms with Crippen LogP contribution in [0.25, 0.3) is 16.6 Å². The second-order valence-corrected chi connectivity index (χ2v) is 12.8. The number of rotatable bonds is 4. The van der Waals surface area contributed by atoms with E-state index >= 15 is 0 Å². The van der Waals surface area contributed by atoms with Crippen molar-refractivity contribution in [2.24, 2.45) is 0 Å². The molecule has 0 spiro atoms. The fraction of sp³-hybridized carbons (Fsp3) is 0.400. The van der Waals surface area contributed by atoms with Gasteiger partial charge in [-0.3, -0.25) is 4.79 Å². The molecule has 3 aromatic rings. The quantitative estimate of drug-likeness (QED) is 0.447. The highest BCUT2D eigenvalue weighted by molar-refractivity contribution is 7.89. The summed E-state index contributed by atoms with van der Waals surface area (Å²) in [4.78, 5) is 26.4. The molecule has 2 heterocycles. The number of carbonyl (C=O) groups is 2. The highest BCUT2D eigenvalue weighted by Gasteiger charge is 2.30. The first-order chi connectivity index (χ1) is 17.6. The van der Waals surface area contributed by atoms with Gasteiger partial charge in [0.2, 0.25) is 10.0 Å². The molecule has 13 heteroatoms. The summed E-state index contributed by atoms with van der Waals surface area (Å²) >= 11 is 12.7. The molecule has 0 aliphatic carbocycles. The van der Waals surface area contributed by atoms with Crippen molar-refractivity contribution >= 4 is 56.1 Å². The van der Waals surface area contributed by atoms with Gasteiger partial charge in [-0.05, 0) is 57.9 Å². The number of nitrogens with one attached hydrogen (secondary N) is 1. The average Bonchev–Trinajstić information content (AvgIpc) is 3.16. The standard InChI is InChI=1S/C25H27Cl2FN4O5S/c1-25(2,3)37-24(34)31-9-7-14(8-10-31)22-17-11-15(26)5-6-20(17)32(29-22)21-13-19(28)16(12-18(21)27)23(33)30-38(4,35)36/h5-6,11-14H,7-10H2,1-4H3,(H,30,33). The number of halogens is 3. The number of fused-ring (bicyclic) bond motifs is 1. The number of ether oxygens (including phenoxy) is 1. The molecule has 1 aromatic heterocycles. The lowest BCUT2D eigenvalue weighted by Gasteiger charge is -2.33. The van der Waals surface area contributed by atoms with Crippen molar-refractivity contribution in [3.8, 4) is 5.69 Å². The zero-order valence-corrected chi connectivity index (χ0v) is 23.5. The van der Waals surface area contributed by atoms with Crippen LogP contribution in [0.4, 0.5) is 9.18 Å².